The molecule has 0 unspecified atom stereocenters. The van der Waals surface area contributed by atoms with E-state index in [1.165, 1.54) is 6.07 Å². The predicted octanol–water partition coefficient (Wildman–Crippen LogP) is 4.65. The van der Waals surface area contributed by atoms with Crippen molar-refractivity contribution in [1.29, 1.82) is 0 Å². The first kappa shape index (κ1) is 17.5. The highest BCUT2D eigenvalue weighted by atomic mass is 16.5. The van der Waals surface area contributed by atoms with Gasteiger partial charge in [-0.3, -0.25) is 0 Å². The quantitative estimate of drug-likeness (QED) is 0.513. The zero-order valence-corrected chi connectivity index (χ0v) is 14.9. The van der Waals surface area contributed by atoms with Crippen LogP contribution in [0.4, 0.5) is 11.5 Å². The van der Waals surface area contributed by atoms with Gasteiger partial charge in [-0.1, -0.05) is 42.5 Å². The SMILES string of the molecule is O=C(O)c1cc(OCc2ccccc2)c2cccc(Nc3ccccn3)c2n1. The van der Waals surface area contributed by atoms with Crippen LogP contribution in [0.25, 0.3) is 10.9 Å². The van der Waals surface area contributed by atoms with Gasteiger partial charge in [0.2, 0.25) is 0 Å². The van der Waals surface area contributed by atoms with Gasteiger partial charge >= 0.3 is 5.97 Å². The number of ether oxygens (including phenoxy) is 1. The lowest BCUT2D eigenvalue weighted by atomic mass is 10.1. The number of benzene rings is 2. The Labute approximate surface area is 161 Å². The van der Waals surface area contributed by atoms with Gasteiger partial charge in [-0.2, -0.15) is 0 Å². The van der Waals surface area contributed by atoms with E-state index in [2.05, 4.69) is 15.3 Å². The lowest BCUT2D eigenvalue weighted by Crippen LogP contribution is -2.05. The number of para-hydroxylation sites is 1. The Kier molecular flexibility index (Phi) is 4.84. The fourth-order valence-corrected chi connectivity index (χ4v) is 2.86. The van der Waals surface area contributed by atoms with Gasteiger partial charge in [-0.05, 0) is 29.8 Å². The Morgan fingerprint density at radius 3 is 2.57 bits per heavy atom. The number of hydrogen-bond donors (Lipinski definition) is 2. The van der Waals surface area contributed by atoms with Crippen LogP contribution in [-0.4, -0.2) is 21.0 Å². The summed E-state index contributed by atoms with van der Waals surface area (Å²) in [6, 6.07) is 22.2. The first-order chi connectivity index (χ1) is 13.7. The highest BCUT2D eigenvalue weighted by Crippen LogP contribution is 2.32. The molecule has 4 aromatic rings. The van der Waals surface area contributed by atoms with E-state index in [4.69, 9.17) is 4.74 Å². The summed E-state index contributed by atoms with van der Waals surface area (Å²) in [6.45, 7) is 0.330. The molecule has 0 atom stereocenters. The second-order valence-corrected chi connectivity index (χ2v) is 6.13. The van der Waals surface area contributed by atoms with E-state index in [0.717, 1.165) is 10.9 Å². The van der Waals surface area contributed by atoms with E-state index in [0.29, 0.717) is 29.4 Å². The molecular formula is C22H17N3O3. The van der Waals surface area contributed by atoms with Crippen molar-refractivity contribution in [2.45, 2.75) is 6.61 Å². The van der Waals surface area contributed by atoms with Crippen LogP contribution >= 0.6 is 0 Å². The molecule has 0 aliphatic rings. The third-order valence-electron chi connectivity index (χ3n) is 4.19. The van der Waals surface area contributed by atoms with Crippen LogP contribution in [0.15, 0.2) is 79.0 Å². The molecule has 0 saturated carbocycles. The average Bonchev–Trinajstić information content (AvgIpc) is 2.73. The van der Waals surface area contributed by atoms with E-state index in [9.17, 15) is 9.90 Å². The summed E-state index contributed by atoms with van der Waals surface area (Å²) in [5.41, 5.74) is 2.08. The van der Waals surface area contributed by atoms with Crippen LogP contribution < -0.4 is 10.1 Å². The van der Waals surface area contributed by atoms with E-state index >= 15 is 0 Å². The number of carbonyl (C=O) groups is 1. The molecule has 138 valence electrons. The highest BCUT2D eigenvalue weighted by molar-refractivity contribution is 5.99. The molecule has 0 aliphatic heterocycles. The molecular weight excluding hydrogens is 354 g/mol. The van der Waals surface area contributed by atoms with E-state index in [-0.39, 0.29) is 5.69 Å². The standard InChI is InChI=1S/C22H17N3O3/c26-22(27)18-13-19(28-14-15-7-2-1-3-8-15)16-9-6-10-17(21(16)25-18)24-20-11-4-5-12-23-20/h1-13H,14H2,(H,23,24)(H,26,27). The number of nitrogens with one attached hydrogen (secondary N) is 1. The van der Waals surface area contributed by atoms with Crippen LogP contribution in [0.2, 0.25) is 0 Å². The van der Waals surface area contributed by atoms with Gasteiger partial charge in [-0.15, -0.1) is 0 Å². The highest BCUT2D eigenvalue weighted by Gasteiger charge is 2.15. The lowest BCUT2D eigenvalue weighted by Gasteiger charge is -2.13. The van der Waals surface area contributed by atoms with E-state index in [1.807, 2.05) is 66.7 Å². The molecule has 6 nitrogen and oxygen atoms in total. The molecule has 0 amide bonds. The molecule has 0 fully saturated rings. The van der Waals surface area contributed by atoms with Crippen molar-refractivity contribution in [3.8, 4) is 5.75 Å². The smallest absolute Gasteiger partial charge is 0.354 e. The van der Waals surface area contributed by atoms with Gasteiger partial charge in [0.25, 0.3) is 0 Å². The predicted molar refractivity (Wildman–Crippen MR) is 107 cm³/mol. The van der Waals surface area contributed by atoms with Crippen LogP contribution in [0.5, 0.6) is 5.75 Å². The van der Waals surface area contributed by atoms with Crippen molar-refractivity contribution in [3.05, 3.63) is 90.3 Å². The molecule has 0 bridgehead atoms. The molecule has 28 heavy (non-hydrogen) atoms. The van der Waals surface area contributed by atoms with Crippen LogP contribution in [0.1, 0.15) is 16.1 Å². The Balaban J connectivity index is 1.76. The number of pyridine rings is 2. The number of hydrogen-bond acceptors (Lipinski definition) is 5. The number of rotatable bonds is 6. The second kappa shape index (κ2) is 7.75. The number of carboxylic acids is 1. The Morgan fingerprint density at radius 1 is 1.00 bits per heavy atom. The van der Waals surface area contributed by atoms with Gasteiger partial charge < -0.3 is 15.2 Å². The van der Waals surface area contributed by atoms with Crippen molar-refractivity contribution < 1.29 is 14.6 Å². The van der Waals surface area contributed by atoms with Crippen LogP contribution in [0.3, 0.4) is 0 Å². The maximum Gasteiger partial charge on any atom is 0.354 e. The molecule has 2 N–H and O–H groups in total. The summed E-state index contributed by atoms with van der Waals surface area (Å²) < 4.78 is 5.95. The van der Waals surface area contributed by atoms with Crippen molar-refractivity contribution >= 4 is 28.4 Å². The summed E-state index contributed by atoms with van der Waals surface area (Å²) >= 11 is 0. The Morgan fingerprint density at radius 2 is 1.82 bits per heavy atom. The topological polar surface area (TPSA) is 84.3 Å². The van der Waals surface area contributed by atoms with Crippen molar-refractivity contribution in [3.63, 3.8) is 0 Å². The van der Waals surface area contributed by atoms with Crippen LogP contribution in [0, 0.1) is 0 Å². The monoisotopic (exact) mass is 371 g/mol. The summed E-state index contributed by atoms with van der Waals surface area (Å²) in [5.74, 6) is -0.000642. The normalized spacial score (nSPS) is 10.6. The summed E-state index contributed by atoms with van der Waals surface area (Å²) in [7, 11) is 0. The Bertz CT molecular complexity index is 1120. The summed E-state index contributed by atoms with van der Waals surface area (Å²) in [4.78, 5) is 20.2. The molecule has 2 aromatic carbocycles. The zero-order valence-electron chi connectivity index (χ0n) is 14.9. The third kappa shape index (κ3) is 3.76. The molecule has 0 spiro atoms. The zero-order chi connectivity index (χ0) is 19.3. The molecule has 4 rings (SSSR count). The number of fused-ring (bicyclic) bond motifs is 1. The van der Waals surface area contributed by atoms with Crippen molar-refractivity contribution in [2.24, 2.45) is 0 Å². The van der Waals surface area contributed by atoms with Crippen LogP contribution in [-0.2, 0) is 6.61 Å². The number of nitrogens with zero attached hydrogens (tertiary/aromatic N) is 2. The largest absolute Gasteiger partial charge is 0.488 e. The number of carboxylic acid groups (broad SMARTS) is 1. The molecule has 6 heteroatoms. The lowest BCUT2D eigenvalue weighted by molar-refractivity contribution is 0.0690. The molecule has 2 heterocycles. The minimum atomic E-state index is -1.11. The fraction of sp³-hybridized carbons (Fsp3) is 0.0455. The molecule has 2 aromatic heterocycles. The van der Waals surface area contributed by atoms with E-state index in [1.54, 1.807) is 6.20 Å². The van der Waals surface area contributed by atoms with Gasteiger partial charge in [-0.25, -0.2) is 14.8 Å². The average molecular weight is 371 g/mol. The summed E-state index contributed by atoms with van der Waals surface area (Å²) in [5, 5.41) is 13.4. The number of aromatic nitrogens is 2. The molecule has 0 aliphatic carbocycles. The first-order valence-electron chi connectivity index (χ1n) is 8.72. The minimum Gasteiger partial charge on any atom is -0.488 e. The summed E-state index contributed by atoms with van der Waals surface area (Å²) in [6.07, 6.45) is 1.68. The maximum atomic E-state index is 11.6. The van der Waals surface area contributed by atoms with Crippen molar-refractivity contribution in [1.82, 2.24) is 9.97 Å². The van der Waals surface area contributed by atoms with Gasteiger partial charge in [0.15, 0.2) is 5.69 Å². The third-order valence-corrected chi connectivity index (χ3v) is 4.19. The second-order valence-electron chi connectivity index (χ2n) is 6.13. The maximum absolute atomic E-state index is 11.6. The van der Waals surface area contributed by atoms with Gasteiger partial charge in [0.05, 0.1) is 11.2 Å². The molecule has 0 saturated heterocycles. The number of anilines is 2. The van der Waals surface area contributed by atoms with Gasteiger partial charge in [0.1, 0.15) is 18.2 Å². The van der Waals surface area contributed by atoms with Gasteiger partial charge in [0, 0.05) is 17.6 Å². The molecule has 0 radical (unpaired) electrons. The Hall–Kier alpha value is -3.93. The van der Waals surface area contributed by atoms with E-state index < -0.39 is 5.97 Å². The fourth-order valence-electron chi connectivity index (χ4n) is 2.86. The number of aromatic carboxylic acids is 1. The van der Waals surface area contributed by atoms with Crippen molar-refractivity contribution in [2.75, 3.05) is 5.32 Å². The minimum absolute atomic E-state index is 0.0779. The first-order valence-corrected chi connectivity index (χ1v) is 8.72.